The number of halogens is 1. The maximum Gasteiger partial charge on any atom is 0.244 e. The molecule has 0 aromatic heterocycles. The van der Waals surface area contributed by atoms with E-state index < -0.39 is 15.8 Å². The standard InChI is InChI=1S/C12H15FN2O3S/c1-4-6-15(5-2)19(16,17)9-7-10(13)12(18-3)11(14)8-9/h1,7-8H,5-6,14H2,2-3H3. The maximum atomic E-state index is 13.7. The molecule has 0 bridgehead atoms. The van der Waals surface area contributed by atoms with Crippen molar-refractivity contribution in [2.75, 3.05) is 25.9 Å². The zero-order chi connectivity index (χ0) is 14.6. The Hall–Kier alpha value is -1.78. The van der Waals surface area contributed by atoms with Gasteiger partial charge in [-0.05, 0) is 12.1 Å². The number of sulfonamides is 1. The first-order valence-corrected chi connectivity index (χ1v) is 6.89. The third-order valence-electron chi connectivity index (χ3n) is 2.51. The van der Waals surface area contributed by atoms with Crippen LogP contribution < -0.4 is 10.5 Å². The van der Waals surface area contributed by atoms with Crippen molar-refractivity contribution in [3.63, 3.8) is 0 Å². The van der Waals surface area contributed by atoms with Gasteiger partial charge in [0.05, 0.1) is 24.2 Å². The lowest BCUT2D eigenvalue weighted by Gasteiger charge is -2.18. The van der Waals surface area contributed by atoms with Gasteiger partial charge in [-0.1, -0.05) is 12.8 Å². The Morgan fingerprint density at radius 1 is 1.53 bits per heavy atom. The van der Waals surface area contributed by atoms with Crippen molar-refractivity contribution < 1.29 is 17.5 Å². The van der Waals surface area contributed by atoms with E-state index in [1.165, 1.54) is 7.11 Å². The highest BCUT2D eigenvalue weighted by molar-refractivity contribution is 7.89. The van der Waals surface area contributed by atoms with Crippen molar-refractivity contribution in [2.45, 2.75) is 11.8 Å². The summed E-state index contributed by atoms with van der Waals surface area (Å²) in [6, 6.07) is 2.01. The molecule has 0 aliphatic heterocycles. The van der Waals surface area contributed by atoms with Crippen LogP contribution in [0.4, 0.5) is 10.1 Å². The molecular weight excluding hydrogens is 271 g/mol. The number of rotatable bonds is 5. The number of anilines is 1. The SMILES string of the molecule is C#CCN(CC)S(=O)(=O)c1cc(N)c(OC)c(F)c1. The van der Waals surface area contributed by atoms with Crippen LogP contribution in [0.5, 0.6) is 5.75 Å². The number of benzene rings is 1. The molecule has 1 rings (SSSR count). The van der Waals surface area contributed by atoms with Gasteiger partial charge < -0.3 is 10.5 Å². The van der Waals surface area contributed by atoms with Gasteiger partial charge in [-0.3, -0.25) is 0 Å². The summed E-state index contributed by atoms with van der Waals surface area (Å²) in [7, 11) is -2.62. The second-order valence-electron chi connectivity index (χ2n) is 3.66. The van der Waals surface area contributed by atoms with Crippen molar-refractivity contribution in [2.24, 2.45) is 0 Å². The second kappa shape index (κ2) is 5.91. The minimum Gasteiger partial charge on any atom is -0.492 e. The Balaban J connectivity index is 3.34. The summed E-state index contributed by atoms with van der Waals surface area (Å²) in [5, 5.41) is 0. The summed E-state index contributed by atoms with van der Waals surface area (Å²) in [4.78, 5) is -0.250. The first-order chi connectivity index (χ1) is 8.88. The molecule has 104 valence electrons. The summed E-state index contributed by atoms with van der Waals surface area (Å²) in [6.45, 7) is 1.73. The molecule has 7 heteroatoms. The second-order valence-corrected chi connectivity index (χ2v) is 5.60. The Bertz CT molecular complexity index is 585. The molecule has 1 aromatic rings. The predicted octanol–water partition coefficient (Wildman–Crippen LogP) is 1.06. The quantitative estimate of drug-likeness (QED) is 0.649. The van der Waals surface area contributed by atoms with E-state index >= 15 is 0 Å². The molecule has 0 saturated heterocycles. The van der Waals surface area contributed by atoms with Crippen LogP contribution in [0, 0.1) is 18.2 Å². The van der Waals surface area contributed by atoms with Gasteiger partial charge in [0, 0.05) is 6.54 Å². The first kappa shape index (κ1) is 15.3. The van der Waals surface area contributed by atoms with Crippen LogP contribution in [0.1, 0.15) is 6.92 Å². The molecule has 0 amide bonds. The van der Waals surface area contributed by atoms with Crippen LogP contribution >= 0.6 is 0 Å². The Kier molecular flexibility index (Phi) is 4.75. The zero-order valence-electron chi connectivity index (χ0n) is 10.7. The third kappa shape index (κ3) is 2.97. The van der Waals surface area contributed by atoms with Crippen molar-refractivity contribution in [3.8, 4) is 18.1 Å². The summed E-state index contributed by atoms with van der Waals surface area (Å²) in [6.07, 6.45) is 5.11. The van der Waals surface area contributed by atoms with Crippen LogP contribution in [0.3, 0.4) is 0 Å². The lowest BCUT2D eigenvalue weighted by atomic mass is 10.3. The highest BCUT2D eigenvalue weighted by Gasteiger charge is 2.25. The van der Waals surface area contributed by atoms with Gasteiger partial charge in [-0.15, -0.1) is 6.42 Å². The maximum absolute atomic E-state index is 13.7. The molecular formula is C12H15FN2O3S. The Labute approximate surface area is 112 Å². The lowest BCUT2D eigenvalue weighted by molar-refractivity contribution is 0.387. The van der Waals surface area contributed by atoms with Crippen LogP contribution in [0.2, 0.25) is 0 Å². The highest BCUT2D eigenvalue weighted by atomic mass is 32.2. The number of methoxy groups -OCH3 is 1. The van der Waals surface area contributed by atoms with Crippen LogP contribution in [-0.2, 0) is 10.0 Å². The molecule has 0 heterocycles. The molecule has 5 nitrogen and oxygen atoms in total. The van der Waals surface area contributed by atoms with E-state index in [0.29, 0.717) is 0 Å². The molecule has 0 aliphatic rings. The van der Waals surface area contributed by atoms with Gasteiger partial charge >= 0.3 is 0 Å². The van der Waals surface area contributed by atoms with E-state index in [1.54, 1.807) is 6.92 Å². The van der Waals surface area contributed by atoms with E-state index in [1.807, 2.05) is 0 Å². The number of hydrogen-bond acceptors (Lipinski definition) is 4. The highest BCUT2D eigenvalue weighted by Crippen LogP contribution is 2.29. The number of hydrogen-bond donors (Lipinski definition) is 1. The van der Waals surface area contributed by atoms with Crippen LogP contribution in [0.25, 0.3) is 0 Å². The summed E-state index contributed by atoms with van der Waals surface area (Å²) in [5.74, 6) is 1.23. The molecule has 0 saturated carbocycles. The average Bonchev–Trinajstić information content (AvgIpc) is 2.35. The number of nitrogens with two attached hydrogens (primary N) is 1. The minimum absolute atomic E-state index is 0.0853. The van der Waals surface area contributed by atoms with Gasteiger partial charge in [0.2, 0.25) is 10.0 Å². The van der Waals surface area contributed by atoms with E-state index in [4.69, 9.17) is 16.9 Å². The van der Waals surface area contributed by atoms with Gasteiger partial charge in [-0.25, -0.2) is 12.8 Å². The van der Waals surface area contributed by atoms with Crippen molar-refractivity contribution in [1.82, 2.24) is 4.31 Å². The van der Waals surface area contributed by atoms with Crippen molar-refractivity contribution in [3.05, 3.63) is 17.9 Å². The fourth-order valence-corrected chi connectivity index (χ4v) is 2.98. The van der Waals surface area contributed by atoms with E-state index in [-0.39, 0.29) is 29.4 Å². The molecule has 0 fully saturated rings. The molecule has 0 radical (unpaired) electrons. The lowest BCUT2D eigenvalue weighted by Crippen LogP contribution is -2.31. The number of terminal acetylenes is 1. The van der Waals surface area contributed by atoms with Gasteiger partial charge in [0.1, 0.15) is 0 Å². The Morgan fingerprint density at radius 3 is 2.58 bits per heavy atom. The largest absolute Gasteiger partial charge is 0.492 e. The summed E-state index contributed by atoms with van der Waals surface area (Å²) >= 11 is 0. The Morgan fingerprint density at radius 2 is 2.16 bits per heavy atom. The fraction of sp³-hybridized carbons (Fsp3) is 0.333. The zero-order valence-corrected chi connectivity index (χ0v) is 11.5. The number of ether oxygens (including phenoxy) is 1. The monoisotopic (exact) mass is 286 g/mol. The van der Waals surface area contributed by atoms with E-state index in [2.05, 4.69) is 5.92 Å². The third-order valence-corrected chi connectivity index (χ3v) is 4.41. The molecule has 0 atom stereocenters. The van der Waals surface area contributed by atoms with Crippen LogP contribution in [0.15, 0.2) is 17.0 Å². The number of nitrogens with zero attached hydrogens (tertiary/aromatic N) is 1. The normalized spacial score (nSPS) is 11.3. The molecule has 0 spiro atoms. The minimum atomic E-state index is -3.87. The van der Waals surface area contributed by atoms with E-state index in [9.17, 15) is 12.8 Å². The average molecular weight is 286 g/mol. The van der Waals surface area contributed by atoms with Gasteiger partial charge in [0.15, 0.2) is 11.6 Å². The smallest absolute Gasteiger partial charge is 0.244 e. The molecule has 1 aromatic carbocycles. The topological polar surface area (TPSA) is 72.6 Å². The number of nitrogen functional groups attached to an aromatic ring is 1. The van der Waals surface area contributed by atoms with Crippen molar-refractivity contribution in [1.29, 1.82) is 0 Å². The molecule has 0 unspecified atom stereocenters. The molecule has 2 N–H and O–H groups in total. The molecule has 0 aliphatic carbocycles. The van der Waals surface area contributed by atoms with Crippen molar-refractivity contribution >= 4 is 15.7 Å². The summed E-state index contributed by atoms with van der Waals surface area (Å²) < 4.78 is 43.9. The fourth-order valence-electron chi connectivity index (χ4n) is 1.57. The first-order valence-electron chi connectivity index (χ1n) is 5.45. The van der Waals surface area contributed by atoms with E-state index in [0.717, 1.165) is 16.4 Å². The van der Waals surface area contributed by atoms with Gasteiger partial charge in [0.25, 0.3) is 0 Å². The van der Waals surface area contributed by atoms with Gasteiger partial charge in [-0.2, -0.15) is 4.31 Å². The molecule has 19 heavy (non-hydrogen) atoms. The van der Waals surface area contributed by atoms with Crippen LogP contribution in [-0.4, -0.2) is 32.9 Å². The predicted molar refractivity (Wildman–Crippen MR) is 70.6 cm³/mol. The summed E-state index contributed by atoms with van der Waals surface area (Å²) in [5.41, 5.74) is 5.47.